The standard InChI is InChI=1S/C22H12N4O2/c27-21-13-7-9-17(15-5-1-3-11-23-15)25-19(13)22(28)20-14(21)8-10-18(26-20)16-6-2-4-12-24-16/h1-12H. The van der Waals surface area contributed by atoms with Crippen molar-refractivity contribution in [3.63, 3.8) is 0 Å². The van der Waals surface area contributed by atoms with E-state index in [0.717, 1.165) is 0 Å². The Morgan fingerprint density at radius 2 is 1.00 bits per heavy atom. The van der Waals surface area contributed by atoms with E-state index in [0.29, 0.717) is 22.8 Å². The van der Waals surface area contributed by atoms with Crippen LogP contribution in [0.25, 0.3) is 22.8 Å². The molecule has 1 aliphatic rings. The molecule has 0 aromatic carbocycles. The van der Waals surface area contributed by atoms with E-state index in [-0.39, 0.29) is 34.1 Å². The lowest BCUT2D eigenvalue weighted by molar-refractivity contribution is 0.0971. The van der Waals surface area contributed by atoms with Crippen molar-refractivity contribution >= 4 is 11.6 Å². The Labute approximate surface area is 160 Å². The molecule has 0 spiro atoms. The first-order valence-electron chi connectivity index (χ1n) is 8.67. The predicted octanol–water partition coefficient (Wildman–Crippen LogP) is 3.38. The Hall–Kier alpha value is -4.06. The molecule has 0 aliphatic heterocycles. The van der Waals surface area contributed by atoms with E-state index in [4.69, 9.17) is 0 Å². The van der Waals surface area contributed by atoms with Crippen LogP contribution in [0.5, 0.6) is 0 Å². The fourth-order valence-corrected chi connectivity index (χ4v) is 3.20. The summed E-state index contributed by atoms with van der Waals surface area (Å²) in [5.74, 6) is -0.634. The fourth-order valence-electron chi connectivity index (χ4n) is 3.20. The molecule has 6 heteroatoms. The minimum absolute atomic E-state index is 0.103. The van der Waals surface area contributed by atoms with Crippen LogP contribution in [0.1, 0.15) is 32.1 Å². The van der Waals surface area contributed by atoms with Crippen molar-refractivity contribution in [1.82, 2.24) is 19.9 Å². The monoisotopic (exact) mass is 364 g/mol. The number of hydrogen-bond acceptors (Lipinski definition) is 6. The topological polar surface area (TPSA) is 85.7 Å². The summed E-state index contributed by atoms with van der Waals surface area (Å²) in [7, 11) is 0. The van der Waals surface area contributed by atoms with Crippen molar-refractivity contribution in [1.29, 1.82) is 0 Å². The summed E-state index contributed by atoms with van der Waals surface area (Å²) in [6.07, 6.45) is 3.30. The van der Waals surface area contributed by atoms with Crippen molar-refractivity contribution < 1.29 is 9.59 Å². The molecule has 4 aromatic heterocycles. The summed E-state index contributed by atoms with van der Waals surface area (Å²) in [6.45, 7) is 0. The van der Waals surface area contributed by atoms with E-state index >= 15 is 0 Å². The average molecular weight is 364 g/mol. The lowest BCUT2D eigenvalue weighted by Crippen LogP contribution is -2.24. The van der Waals surface area contributed by atoms with Crippen LogP contribution in [0.15, 0.2) is 73.1 Å². The lowest BCUT2D eigenvalue weighted by atomic mass is 9.89. The van der Waals surface area contributed by atoms with Crippen molar-refractivity contribution in [3.05, 3.63) is 95.6 Å². The molecule has 0 bridgehead atoms. The fraction of sp³-hybridized carbons (Fsp3) is 0. The third kappa shape index (κ3) is 2.51. The number of aromatic nitrogens is 4. The van der Waals surface area contributed by atoms with Crippen LogP contribution in [-0.4, -0.2) is 31.5 Å². The highest BCUT2D eigenvalue weighted by molar-refractivity contribution is 6.27. The number of pyridine rings is 4. The third-order valence-corrected chi connectivity index (χ3v) is 4.56. The van der Waals surface area contributed by atoms with Crippen LogP contribution in [0.3, 0.4) is 0 Å². The van der Waals surface area contributed by atoms with Gasteiger partial charge in [0.1, 0.15) is 11.4 Å². The molecule has 6 nitrogen and oxygen atoms in total. The summed E-state index contributed by atoms with van der Waals surface area (Å²) in [4.78, 5) is 43.4. The summed E-state index contributed by atoms with van der Waals surface area (Å²) in [5.41, 5.74) is 3.10. The smallest absolute Gasteiger partial charge is 0.231 e. The van der Waals surface area contributed by atoms with Crippen LogP contribution < -0.4 is 0 Å². The summed E-state index contributed by atoms with van der Waals surface area (Å²) in [5, 5.41) is 0. The average Bonchev–Trinajstić information content (AvgIpc) is 2.78. The van der Waals surface area contributed by atoms with Gasteiger partial charge in [0.15, 0.2) is 5.78 Å². The maximum atomic E-state index is 13.1. The van der Waals surface area contributed by atoms with Crippen LogP contribution >= 0.6 is 0 Å². The maximum Gasteiger partial charge on any atom is 0.231 e. The normalized spacial score (nSPS) is 12.4. The molecule has 0 fully saturated rings. The molecule has 4 heterocycles. The number of carbonyl (C=O) groups excluding carboxylic acids is 2. The largest absolute Gasteiger partial charge is 0.288 e. The molecule has 0 saturated heterocycles. The second-order valence-corrected chi connectivity index (χ2v) is 6.27. The first-order chi connectivity index (χ1) is 13.7. The van der Waals surface area contributed by atoms with Crippen molar-refractivity contribution in [2.45, 2.75) is 0 Å². The Bertz CT molecular complexity index is 1140. The van der Waals surface area contributed by atoms with Gasteiger partial charge in [-0.3, -0.25) is 19.6 Å². The second kappa shape index (κ2) is 6.28. The summed E-state index contributed by atoms with van der Waals surface area (Å²) < 4.78 is 0. The number of fused-ring (bicyclic) bond motifs is 2. The minimum Gasteiger partial charge on any atom is -0.288 e. The number of ketones is 2. The number of carbonyl (C=O) groups is 2. The number of nitrogens with zero attached hydrogens (tertiary/aromatic N) is 4. The number of hydrogen-bond donors (Lipinski definition) is 0. The van der Waals surface area contributed by atoms with Crippen molar-refractivity contribution in [2.75, 3.05) is 0 Å². The van der Waals surface area contributed by atoms with Gasteiger partial charge < -0.3 is 0 Å². The third-order valence-electron chi connectivity index (χ3n) is 4.56. The van der Waals surface area contributed by atoms with E-state index in [1.54, 1.807) is 60.9 Å². The van der Waals surface area contributed by atoms with Crippen LogP contribution in [0.2, 0.25) is 0 Å². The maximum absolute atomic E-state index is 13.1. The van der Waals surface area contributed by atoms with Crippen LogP contribution in [-0.2, 0) is 0 Å². The molecule has 5 rings (SSSR count). The molecule has 0 saturated carbocycles. The molecule has 0 atom stereocenters. The zero-order valence-electron chi connectivity index (χ0n) is 14.5. The molecular formula is C22H12N4O2. The Kier molecular flexibility index (Phi) is 3.62. The van der Waals surface area contributed by atoms with Crippen LogP contribution in [0.4, 0.5) is 0 Å². The zero-order chi connectivity index (χ0) is 19.1. The Balaban J connectivity index is 1.64. The van der Waals surface area contributed by atoms with Crippen LogP contribution in [0, 0.1) is 0 Å². The van der Waals surface area contributed by atoms with Gasteiger partial charge in [-0.05, 0) is 48.5 Å². The van der Waals surface area contributed by atoms with E-state index in [1.165, 1.54) is 0 Å². The SMILES string of the molecule is O=C1c2ccc(-c3ccccn3)nc2C(=O)c2nc(-c3ccccn3)ccc21. The lowest BCUT2D eigenvalue weighted by Gasteiger charge is -2.17. The molecule has 0 amide bonds. The molecule has 0 unspecified atom stereocenters. The first kappa shape index (κ1) is 16.1. The molecule has 4 aromatic rings. The quantitative estimate of drug-likeness (QED) is 0.477. The van der Waals surface area contributed by atoms with Crippen molar-refractivity contribution in [3.8, 4) is 22.8 Å². The highest BCUT2D eigenvalue weighted by Gasteiger charge is 2.33. The molecule has 1 aliphatic carbocycles. The molecule has 0 N–H and O–H groups in total. The minimum atomic E-state index is -0.375. The Morgan fingerprint density at radius 3 is 1.43 bits per heavy atom. The van der Waals surface area contributed by atoms with E-state index in [9.17, 15) is 9.59 Å². The van der Waals surface area contributed by atoms with Gasteiger partial charge in [-0.1, -0.05) is 12.1 Å². The van der Waals surface area contributed by atoms with Gasteiger partial charge in [0.05, 0.1) is 33.9 Å². The zero-order valence-corrected chi connectivity index (χ0v) is 14.5. The van der Waals surface area contributed by atoms with E-state index in [2.05, 4.69) is 19.9 Å². The summed E-state index contributed by atoms with van der Waals surface area (Å²) >= 11 is 0. The molecule has 28 heavy (non-hydrogen) atoms. The molecule has 0 radical (unpaired) electrons. The van der Waals surface area contributed by atoms with Gasteiger partial charge in [-0.2, -0.15) is 0 Å². The van der Waals surface area contributed by atoms with E-state index < -0.39 is 0 Å². The van der Waals surface area contributed by atoms with Gasteiger partial charge in [0.2, 0.25) is 5.78 Å². The van der Waals surface area contributed by atoms with Gasteiger partial charge in [-0.25, -0.2) is 9.97 Å². The van der Waals surface area contributed by atoms with Gasteiger partial charge in [-0.15, -0.1) is 0 Å². The van der Waals surface area contributed by atoms with Gasteiger partial charge in [0.25, 0.3) is 0 Å². The molecular weight excluding hydrogens is 352 g/mol. The highest BCUT2D eigenvalue weighted by Crippen LogP contribution is 2.28. The van der Waals surface area contributed by atoms with Gasteiger partial charge in [0, 0.05) is 12.4 Å². The Morgan fingerprint density at radius 1 is 0.500 bits per heavy atom. The molecule has 132 valence electrons. The number of rotatable bonds is 2. The highest BCUT2D eigenvalue weighted by atomic mass is 16.1. The van der Waals surface area contributed by atoms with Crippen molar-refractivity contribution in [2.24, 2.45) is 0 Å². The predicted molar refractivity (Wildman–Crippen MR) is 102 cm³/mol. The first-order valence-corrected chi connectivity index (χ1v) is 8.67. The van der Waals surface area contributed by atoms with Gasteiger partial charge >= 0.3 is 0 Å². The van der Waals surface area contributed by atoms with E-state index in [1.807, 2.05) is 12.1 Å². The summed E-state index contributed by atoms with van der Waals surface area (Å²) in [6, 6.07) is 17.5. The second-order valence-electron chi connectivity index (χ2n) is 6.27.